The summed E-state index contributed by atoms with van der Waals surface area (Å²) in [7, 11) is 0. The van der Waals surface area contributed by atoms with Crippen LogP contribution in [0.4, 0.5) is 5.69 Å². The average molecular weight is 387 g/mol. The summed E-state index contributed by atoms with van der Waals surface area (Å²) in [6, 6.07) is 28.4. The van der Waals surface area contributed by atoms with Gasteiger partial charge >= 0.3 is 0 Å². The fraction of sp³-hybridized carbons (Fsp3) is 0. The van der Waals surface area contributed by atoms with E-state index in [9.17, 15) is 0 Å². The topological polar surface area (TPSA) is 47.0 Å². The summed E-state index contributed by atoms with van der Waals surface area (Å²) in [4.78, 5) is 9.33. The van der Waals surface area contributed by atoms with Crippen molar-refractivity contribution >= 4 is 38.9 Å². The minimum absolute atomic E-state index is 0.704. The molecule has 0 aliphatic carbocycles. The van der Waals surface area contributed by atoms with Crippen LogP contribution in [0.2, 0.25) is 0 Å². The summed E-state index contributed by atoms with van der Waals surface area (Å²) in [6.45, 7) is 0. The van der Waals surface area contributed by atoms with Gasteiger partial charge in [0.2, 0.25) is 0 Å². The van der Waals surface area contributed by atoms with Gasteiger partial charge in [-0.1, -0.05) is 72.8 Å². The van der Waals surface area contributed by atoms with Gasteiger partial charge in [-0.3, -0.25) is 9.97 Å². The van der Waals surface area contributed by atoms with Crippen molar-refractivity contribution in [1.29, 1.82) is 0 Å². The second-order valence-electron chi connectivity index (χ2n) is 7.17. The maximum absolute atomic E-state index is 6.62. The SMILES string of the molecule is c1ccc(C2=C(c3ccccc3)Oc3c(c4ncccc4c4cccnc34)N2)cc1. The first-order chi connectivity index (χ1) is 14.9. The summed E-state index contributed by atoms with van der Waals surface area (Å²) in [5, 5.41) is 5.72. The molecule has 4 nitrogen and oxygen atoms in total. The number of nitrogens with zero attached hydrogens (tertiary/aromatic N) is 2. The maximum Gasteiger partial charge on any atom is 0.179 e. The highest BCUT2D eigenvalue weighted by Crippen LogP contribution is 2.47. The molecule has 4 heteroatoms. The predicted octanol–water partition coefficient (Wildman–Crippen LogP) is 6.11. The Hall–Kier alpha value is -4.18. The van der Waals surface area contributed by atoms with Gasteiger partial charge in [0.1, 0.15) is 11.2 Å². The lowest BCUT2D eigenvalue weighted by atomic mass is 10.0. The van der Waals surface area contributed by atoms with Crippen molar-refractivity contribution in [3.63, 3.8) is 0 Å². The second kappa shape index (κ2) is 6.71. The summed E-state index contributed by atoms with van der Waals surface area (Å²) >= 11 is 0. The smallest absolute Gasteiger partial charge is 0.179 e. The quantitative estimate of drug-likeness (QED) is 0.371. The van der Waals surface area contributed by atoms with Crippen LogP contribution in [0.5, 0.6) is 5.75 Å². The van der Waals surface area contributed by atoms with Crippen molar-refractivity contribution in [2.24, 2.45) is 0 Å². The molecule has 0 saturated carbocycles. The lowest BCUT2D eigenvalue weighted by Crippen LogP contribution is -2.14. The minimum atomic E-state index is 0.704. The zero-order valence-corrected chi connectivity index (χ0v) is 16.0. The molecule has 1 N–H and O–H groups in total. The molecular formula is C26H17N3O. The Morgan fingerprint density at radius 3 is 1.90 bits per heavy atom. The highest BCUT2D eigenvalue weighted by molar-refractivity contribution is 6.17. The molecule has 5 aromatic rings. The first-order valence-electron chi connectivity index (χ1n) is 9.85. The lowest BCUT2D eigenvalue weighted by Gasteiger charge is -2.27. The molecule has 1 aliphatic heterocycles. The van der Waals surface area contributed by atoms with Crippen molar-refractivity contribution in [2.45, 2.75) is 0 Å². The summed E-state index contributed by atoms with van der Waals surface area (Å²) in [5.41, 5.74) is 5.49. The number of anilines is 1. The van der Waals surface area contributed by atoms with Gasteiger partial charge in [0.25, 0.3) is 0 Å². The van der Waals surface area contributed by atoms with Crippen LogP contribution in [-0.2, 0) is 0 Å². The highest BCUT2D eigenvalue weighted by atomic mass is 16.5. The normalized spacial score (nSPS) is 13.1. The fourth-order valence-corrected chi connectivity index (χ4v) is 4.00. The van der Waals surface area contributed by atoms with Gasteiger partial charge in [-0.25, -0.2) is 0 Å². The van der Waals surface area contributed by atoms with E-state index < -0.39 is 0 Å². The Morgan fingerprint density at radius 2 is 1.20 bits per heavy atom. The number of benzene rings is 3. The molecule has 2 aromatic heterocycles. The van der Waals surface area contributed by atoms with E-state index in [-0.39, 0.29) is 0 Å². The summed E-state index contributed by atoms with van der Waals surface area (Å²) < 4.78 is 6.62. The molecule has 0 amide bonds. The van der Waals surface area contributed by atoms with Crippen LogP contribution < -0.4 is 10.1 Å². The van der Waals surface area contributed by atoms with E-state index in [4.69, 9.17) is 4.74 Å². The van der Waals surface area contributed by atoms with E-state index in [1.54, 1.807) is 6.20 Å². The summed E-state index contributed by atoms with van der Waals surface area (Å²) in [6.07, 6.45) is 3.61. The Labute approximate surface area is 173 Å². The lowest BCUT2D eigenvalue weighted by molar-refractivity contribution is 0.519. The van der Waals surface area contributed by atoms with Gasteiger partial charge in [0.15, 0.2) is 11.5 Å². The van der Waals surface area contributed by atoms with Crippen molar-refractivity contribution in [3.8, 4) is 5.75 Å². The number of nitrogens with one attached hydrogen (secondary N) is 1. The standard InChI is InChI=1S/C26H17N3O/c1-3-9-17(10-4-1)21-25(18-11-5-2-6-12-18)30-26-23-20(14-8-16-28-23)19-13-7-15-27-22(19)24(26)29-21/h1-16,29H. The van der Waals surface area contributed by atoms with Crippen LogP contribution in [0, 0.1) is 0 Å². The third-order valence-corrected chi connectivity index (χ3v) is 5.36. The van der Waals surface area contributed by atoms with Gasteiger partial charge in [-0.2, -0.15) is 0 Å². The molecule has 0 bridgehead atoms. The van der Waals surface area contributed by atoms with Gasteiger partial charge in [-0.05, 0) is 12.1 Å². The molecule has 3 aromatic carbocycles. The van der Waals surface area contributed by atoms with Gasteiger partial charge in [0.05, 0.1) is 11.2 Å². The average Bonchev–Trinajstić information content (AvgIpc) is 2.84. The Kier molecular flexibility index (Phi) is 3.74. The molecule has 1 aliphatic rings. The van der Waals surface area contributed by atoms with Crippen LogP contribution >= 0.6 is 0 Å². The maximum atomic E-state index is 6.62. The molecule has 0 fully saturated rings. The van der Waals surface area contributed by atoms with Crippen LogP contribution in [0.25, 0.3) is 33.3 Å². The van der Waals surface area contributed by atoms with Crippen molar-refractivity contribution < 1.29 is 4.74 Å². The predicted molar refractivity (Wildman–Crippen MR) is 121 cm³/mol. The number of rotatable bonds is 2. The van der Waals surface area contributed by atoms with Crippen LogP contribution in [0.1, 0.15) is 11.1 Å². The molecular weight excluding hydrogens is 370 g/mol. The van der Waals surface area contributed by atoms with Crippen LogP contribution in [0.3, 0.4) is 0 Å². The molecule has 30 heavy (non-hydrogen) atoms. The third-order valence-electron chi connectivity index (χ3n) is 5.36. The third kappa shape index (κ3) is 2.54. The first kappa shape index (κ1) is 16.7. The largest absolute Gasteiger partial charge is 0.450 e. The number of hydrogen-bond acceptors (Lipinski definition) is 4. The van der Waals surface area contributed by atoms with E-state index in [2.05, 4.69) is 51.7 Å². The number of fused-ring (bicyclic) bond motifs is 6. The monoisotopic (exact) mass is 387 g/mol. The first-order valence-corrected chi connectivity index (χ1v) is 9.85. The molecule has 6 rings (SSSR count). The number of hydrogen-bond donors (Lipinski definition) is 1. The zero-order valence-electron chi connectivity index (χ0n) is 16.0. The Morgan fingerprint density at radius 1 is 0.600 bits per heavy atom. The number of pyridine rings is 2. The minimum Gasteiger partial charge on any atom is -0.450 e. The van der Waals surface area contributed by atoms with Crippen molar-refractivity contribution in [2.75, 3.05) is 5.32 Å². The molecule has 142 valence electrons. The Bertz CT molecular complexity index is 1320. The molecule has 0 atom stereocenters. The van der Waals surface area contributed by atoms with Gasteiger partial charge in [0, 0.05) is 34.3 Å². The van der Waals surface area contributed by atoms with E-state index in [0.717, 1.165) is 50.1 Å². The molecule has 0 saturated heterocycles. The van der Waals surface area contributed by atoms with Crippen LogP contribution in [0.15, 0.2) is 97.3 Å². The van der Waals surface area contributed by atoms with E-state index in [1.807, 2.05) is 54.7 Å². The molecule has 0 radical (unpaired) electrons. The van der Waals surface area contributed by atoms with E-state index in [1.165, 1.54) is 0 Å². The molecule has 0 unspecified atom stereocenters. The Balaban J connectivity index is 1.68. The number of aromatic nitrogens is 2. The van der Waals surface area contributed by atoms with Gasteiger partial charge in [-0.15, -0.1) is 0 Å². The van der Waals surface area contributed by atoms with Crippen LogP contribution in [-0.4, -0.2) is 9.97 Å². The van der Waals surface area contributed by atoms with Crippen molar-refractivity contribution in [3.05, 3.63) is 108 Å². The second-order valence-corrected chi connectivity index (χ2v) is 7.17. The van der Waals surface area contributed by atoms with Gasteiger partial charge < -0.3 is 10.1 Å². The zero-order chi connectivity index (χ0) is 19.9. The fourth-order valence-electron chi connectivity index (χ4n) is 4.00. The summed E-state index contributed by atoms with van der Waals surface area (Å²) in [5.74, 6) is 1.48. The molecule has 0 spiro atoms. The van der Waals surface area contributed by atoms with E-state index in [0.29, 0.717) is 5.75 Å². The number of ether oxygens (including phenoxy) is 1. The van der Waals surface area contributed by atoms with Crippen molar-refractivity contribution in [1.82, 2.24) is 9.97 Å². The highest BCUT2D eigenvalue weighted by Gasteiger charge is 2.27. The van der Waals surface area contributed by atoms with E-state index >= 15 is 0 Å². The molecule has 3 heterocycles.